The number of halogens is 2. The molecule has 186 valence electrons. The van der Waals surface area contributed by atoms with E-state index < -0.39 is 6.04 Å². The quantitative estimate of drug-likeness (QED) is 0.244. The van der Waals surface area contributed by atoms with Gasteiger partial charge in [-0.3, -0.25) is 9.59 Å². The van der Waals surface area contributed by atoms with Crippen molar-refractivity contribution < 1.29 is 9.59 Å². The average Bonchev–Trinajstić information content (AvgIpc) is 3.28. The third-order valence-corrected chi connectivity index (χ3v) is 6.86. The normalized spacial score (nSPS) is 14.5. The topological polar surface area (TPSA) is 88.0 Å². The minimum atomic E-state index is -0.558. The van der Waals surface area contributed by atoms with E-state index in [9.17, 15) is 9.59 Å². The Labute approximate surface area is 227 Å². The fourth-order valence-electron chi connectivity index (χ4n) is 4.32. The van der Waals surface area contributed by atoms with Crippen LogP contribution in [0.4, 0.5) is 17.2 Å². The van der Waals surface area contributed by atoms with Crippen LogP contribution in [0.25, 0.3) is 0 Å². The van der Waals surface area contributed by atoms with E-state index in [0.29, 0.717) is 39.0 Å². The number of carbonyl (C=O) groups is 2. The fraction of sp³-hybridized carbons (Fsp3) is 0.107. The summed E-state index contributed by atoms with van der Waals surface area (Å²) >= 11 is 9.48. The molecule has 5 rings (SSSR count). The highest BCUT2D eigenvalue weighted by molar-refractivity contribution is 9.10. The van der Waals surface area contributed by atoms with Gasteiger partial charge in [-0.2, -0.15) is 5.10 Å². The summed E-state index contributed by atoms with van der Waals surface area (Å²) in [5.41, 5.74) is 4.68. The first-order valence-electron chi connectivity index (χ1n) is 11.6. The summed E-state index contributed by atoms with van der Waals surface area (Å²) in [4.78, 5) is 26.8. The van der Waals surface area contributed by atoms with Gasteiger partial charge in [0.1, 0.15) is 17.4 Å². The van der Waals surface area contributed by atoms with Gasteiger partial charge in [-0.15, -0.1) is 0 Å². The van der Waals surface area contributed by atoms with Crippen LogP contribution in [0.5, 0.6) is 0 Å². The van der Waals surface area contributed by atoms with E-state index >= 15 is 0 Å². The Morgan fingerprint density at radius 3 is 2.35 bits per heavy atom. The largest absolute Gasteiger partial charge is 0.343 e. The summed E-state index contributed by atoms with van der Waals surface area (Å²) < 4.78 is 2.59. The molecule has 0 spiro atoms. The van der Waals surface area contributed by atoms with E-state index in [1.807, 2.05) is 62.4 Å². The Kier molecular flexibility index (Phi) is 6.86. The monoisotopic (exact) mass is 575 g/mol. The number of nitrogens with zero attached hydrogens (tertiary/aromatic N) is 2. The number of benzene rings is 3. The van der Waals surface area contributed by atoms with Crippen molar-refractivity contribution in [1.29, 1.82) is 0 Å². The van der Waals surface area contributed by atoms with Gasteiger partial charge in [0.15, 0.2) is 0 Å². The molecular formula is C28H23BrClN5O2. The van der Waals surface area contributed by atoms with Crippen molar-refractivity contribution in [3.63, 3.8) is 0 Å². The predicted molar refractivity (Wildman–Crippen MR) is 150 cm³/mol. The highest BCUT2D eigenvalue weighted by Gasteiger charge is 2.35. The molecule has 0 saturated carbocycles. The van der Waals surface area contributed by atoms with Crippen LogP contribution in [0.2, 0.25) is 5.02 Å². The Morgan fingerprint density at radius 1 is 0.946 bits per heavy atom. The highest BCUT2D eigenvalue weighted by Crippen LogP contribution is 2.38. The Morgan fingerprint density at radius 2 is 1.65 bits per heavy atom. The standard InChI is InChI=1S/C28H23BrClN5O2/c1-16-4-3-5-22(14-16)34-27(36)23-15-31-35-25(18-6-8-19(29)9-7-18)24(17(2)32-26(23)35)28(37)33-21-12-10-20(30)11-13-21/h3-15,25,32H,1-2H3,(H,33,37)(H,34,36). The first kappa shape index (κ1) is 24.8. The molecule has 2 amide bonds. The molecule has 9 heteroatoms. The van der Waals surface area contributed by atoms with Crippen LogP contribution in [-0.4, -0.2) is 21.6 Å². The number of anilines is 3. The smallest absolute Gasteiger partial charge is 0.261 e. The fourth-order valence-corrected chi connectivity index (χ4v) is 4.71. The summed E-state index contributed by atoms with van der Waals surface area (Å²) in [6.07, 6.45) is 1.52. The number of hydrogen-bond donors (Lipinski definition) is 3. The molecule has 3 aromatic carbocycles. The second-order valence-electron chi connectivity index (χ2n) is 8.75. The van der Waals surface area contributed by atoms with Crippen LogP contribution in [0.15, 0.2) is 94.7 Å². The number of nitrogens with one attached hydrogen (secondary N) is 3. The van der Waals surface area contributed by atoms with Crippen LogP contribution in [-0.2, 0) is 4.79 Å². The van der Waals surface area contributed by atoms with E-state index in [-0.39, 0.29) is 11.8 Å². The number of hydrogen-bond acceptors (Lipinski definition) is 4. The zero-order valence-corrected chi connectivity index (χ0v) is 22.4. The zero-order valence-electron chi connectivity index (χ0n) is 20.0. The van der Waals surface area contributed by atoms with Crippen LogP contribution < -0.4 is 16.0 Å². The van der Waals surface area contributed by atoms with E-state index in [4.69, 9.17) is 11.6 Å². The average molecular weight is 577 g/mol. The van der Waals surface area contributed by atoms with Crippen molar-refractivity contribution in [2.24, 2.45) is 0 Å². The molecule has 2 heterocycles. The number of carbonyl (C=O) groups excluding carboxylic acids is 2. The van der Waals surface area contributed by atoms with Gasteiger partial charge in [0, 0.05) is 26.6 Å². The molecule has 0 fully saturated rings. The van der Waals surface area contributed by atoms with Gasteiger partial charge in [0.2, 0.25) is 0 Å². The number of fused-ring (bicyclic) bond motifs is 1. The van der Waals surface area contributed by atoms with Crippen LogP contribution in [0, 0.1) is 6.92 Å². The molecule has 4 aromatic rings. The van der Waals surface area contributed by atoms with Crippen LogP contribution in [0.1, 0.15) is 34.5 Å². The van der Waals surface area contributed by atoms with E-state index in [1.54, 1.807) is 28.9 Å². The van der Waals surface area contributed by atoms with Gasteiger partial charge in [-0.05, 0) is 73.5 Å². The second kappa shape index (κ2) is 10.2. The first-order valence-corrected chi connectivity index (χ1v) is 12.7. The molecule has 3 N–H and O–H groups in total. The molecule has 1 atom stereocenters. The lowest BCUT2D eigenvalue weighted by atomic mass is 9.94. The summed E-state index contributed by atoms with van der Waals surface area (Å²) in [5, 5.41) is 14.3. The molecular weight excluding hydrogens is 554 g/mol. The molecule has 1 aliphatic heterocycles. The van der Waals surface area contributed by atoms with Gasteiger partial charge in [0.25, 0.3) is 11.8 Å². The van der Waals surface area contributed by atoms with E-state index in [1.165, 1.54) is 6.20 Å². The molecule has 7 nitrogen and oxygen atoms in total. The van der Waals surface area contributed by atoms with Crippen LogP contribution in [0.3, 0.4) is 0 Å². The lowest BCUT2D eigenvalue weighted by molar-refractivity contribution is -0.113. The molecule has 1 aliphatic rings. The van der Waals surface area contributed by atoms with Crippen LogP contribution >= 0.6 is 27.5 Å². The minimum Gasteiger partial charge on any atom is -0.343 e. The number of aromatic nitrogens is 2. The summed E-state index contributed by atoms with van der Waals surface area (Å²) in [6, 6.07) is 21.6. The molecule has 0 bridgehead atoms. The Balaban J connectivity index is 1.53. The SMILES string of the molecule is CC1=C(C(=O)Nc2ccc(Cl)cc2)C(c2ccc(Br)cc2)n2ncc(C(=O)Nc3cccc(C)c3)c2N1. The molecule has 0 aliphatic carbocycles. The van der Waals surface area contributed by atoms with Crippen molar-refractivity contribution in [2.75, 3.05) is 16.0 Å². The molecule has 0 radical (unpaired) electrons. The lowest BCUT2D eigenvalue weighted by Gasteiger charge is -2.30. The Hall–Kier alpha value is -3.88. The van der Waals surface area contributed by atoms with Crippen molar-refractivity contribution >= 4 is 56.5 Å². The maximum atomic E-state index is 13.6. The first-order chi connectivity index (χ1) is 17.8. The molecule has 1 aromatic heterocycles. The van der Waals surface area contributed by atoms with Crippen molar-refractivity contribution in [1.82, 2.24) is 9.78 Å². The molecule has 37 heavy (non-hydrogen) atoms. The maximum Gasteiger partial charge on any atom is 0.261 e. The van der Waals surface area contributed by atoms with Crippen molar-refractivity contribution in [2.45, 2.75) is 19.9 Å². The molecule has 0 saturated heterocycles. The zero-order chi connectivity index (χ0) is 26.1. The van der Waals surface area contributed by atoms with Gasteiger partial charge < -0.3 is 16.0 Å². The summed E-state index contributed by atoms with van der Waals surface area (Å²) in [5.74, 6) is -0.0680. The maximum absolute atomic E-state index is 13.6. The summed E-state index contributed by atoms with van der Waals surface area (Å²) in [7, 11) is 0. The highest BCUT2D eigenvalue weighted by atomic mass is 79.9. The number of rotatable bonds is 5. The second-order valence-corrected chi connectivity index (χ2v) is 10.1. The predicted octanol–water partition coefficient (Wildman–Crippen LogP) is 6.79. The van der Waals surface area contributed by atoms with Crippen molar-refractivity contribution in [3.05, 3.63) is 116 Å². The van der Waals surface area contributed by atoms with Gasteiger partial charge in [0.05, 0.1) is 11.8 Å². The van der Waals surface area contributed by atoms with Gasteiger partial charge in [-0.1, -0.05) is 51.8 Å². The Bertz CT molecular complexity index is 1530. The molecule has 1 unspecified atom stereocenters. The third kappa shape index (κ3) is 5.16. The summed E-state index contributed by atoms with van der Waals surface area (Å²) in [6.45, 7) is 3.79. The lowest BCUT2D eigenvalue weighted by Crippen LogP contribution is -2.32. The van der Waals surface area contributed by atoms with E-state index in [2.05, 4.69) is 37.0 Å². The number of amides is 2. The van der Waals surface area contributed by atoms with E-state index in [0.717, 1.165) is 15.6 Å². The third-order valence-electron chi connectivity index (χ3n) is 6.08. The minimum absolute atomic E-state index is 0.285. The number of aryl methyl sites for hydroxylation is 1. The number of allylic oxidation sites excluding steroid dienone is 1. The van der Waals surface area contributed by atoms with Gasteiger partial charge >= 0.3 is 0 Å². The van der Waals surface area contributed by atoms with Crippen molar-refractivity contribution in [3.8, 4) is 0 Å². The van der Waals surface area contributed by atoms with Gasteiger partial charge in [-0.25, -0.2) is 4.68 Å².